The van der Waals surface area contributed by atoms with Crippen LogP contribution in [0.4, 0.5) is 13.2 Å². The molecule has 146 valence electrons. The molecule has 0 saturated heterocycles. The zero-order valence-corrected chi connectivity index (χ0v) is 15.8. The average molecular weight is 384 g/mol. The van der Waals surface area contributed by atoms with Gasteiger partial charge in [0.05, 0.1) is 0 Å². The maximum absolute atomic E-state index is 12.2. The van der Waals surface area contributed by atoms with E-state index in [2.05, 4.69) is 48.1 Å². The van der Waals surface area contributed by atoms with Crippen LogP contribution >= 0.6 is 0 Å². The number of hydrogen-bond acceptors (Lipinski definition) is 1. The second-order valence-corrected chi connectivity index (χ2v) is 6.84. The third-order valence-corrected chi connectivity index (χ3v) is 4.64. The van der Waals surface area contributed by atoms with Gasteiger partial charge in [0.1, 0.15) is 5.75 Å². The summed E-state index contributed by atoms with van der Waals surface area (Å²) in [5, 5.41) is 0. The smallest absolute Gasteiger partial charge is 0.406 e. The van der Waals surface area contributed by atoms with Gasteiger partial charge in [-0.3, -0.25) is 0 Å². The van der Waals surface area contributed by atoms with Crippen LogP contribution < -0.4 is 4.74 Å². The molecule has 4 heteroatoms. The Kier molecular flexibility index (Phi) is 6.40. The molecule has 0 aromatic heterocycles. The van der Waals surface area contributed by atoms with E-state index in [9.17, 15) is 13.2 Å². The summed E-state index contributed by atoms with van der Waals surface area (Å²) in [6, 6.07) is 22.9. The Labute approximate surface area is 163 Å². The van der Waals surface area contributed by atoms with Gasteiger partial charge in [0.15, 0.2) is 0 Å². The van der Waals surface area contributed by atoms with Gasteiger partial charge in [-0.1, -0.05) is 74.0 Å². The summed E-state index contributed by atoms with van der Waals surface area (Å²) in [5.74, 6) is -0.210. The summed E-state index contributed by atoms with van der Waals surface area (Å²) < 4.78 is 40.6. The Morgan fingerprint density at radius 2 is 1.00 bits per heavy atom. The normalized spacial score (nSPS) is 11.4. The highest BCUT2D eigenvalue weighted by Crippen LogP contribution is 2.26. The Morgan fingerprint density at radius 1 is 0.607 bits per heavy atom. The van der Waals surface area contributed by atoms with Gasteiger partial charge in [-0.25, -0.2) is 0 Å². The molecule has 3 rings (SSSR count). The lowest BCUT2D eigenvalue weighted by Crippen LogP contribution is -2.16. The molecule has 0 aliphatic carbocycles. The molecule has 28 heavy (non-hydrogen) atoms. The molecule has 0 fully saturated rings. The highest BCUT2D eigenvalue weighted by molar-refractivity contribution is 5.64. The highest BCUT2D eigenvalue weighted by atomic mass is 19.4. The molecule has 0 aliphatic heterocycles. The monoisotopic (exact) mass is 384 g/mol. The largest absolute Gasteiger partial charge is 0.573 e. The summed E-state index contributed by atoms with van der Waals surface area (Å²) in [6.07, 6.45) is -0.463. The van der Waals surface area contributed by atoms with Gasteiger partial charge in [0, 0.05) is 0 Å². The van der Waals surface area contributed by atoms with Gasteiger partial charge in [0.25, 0.3) is 0 Å². The minimum absolute atomic E-state index is 0.210. The fraction of sp³-hybridized carbons (Fsp3) is 0.250. The predicted molar refractivity (Wildman–Crippen MR) is 106 cm³/mol. The van der Waals surface area contributed by atoms with Crippen LogP contribution in [0.15, 0.2) is 72.8 Å². The van der Waals surface area contributed by atoms with Crippen molar-refractivity contribution in [3.05, 3.63) is 89.5 Å². The highest BCUT2D eigenvalue weighted by Gasteiger charge is 2.30. The van der Waals surface area contributed by atoms with Crippen molar-refractivity contribution in [1.82, 2.24) is 0 Å². The van der Waals surface area contributed by atoms with Gasteiger partial charge in [-0.05, 0) is 59.2 Å². The molecule has 0 saturated carbocycles. The minimum atomic E-state index is -4.67. The minimum Gasteiger partial charge on any atom is -0.406 e. The topological polar surface area (TPSA) is 9.23 Å². The number of alkyl halides is 3. The van der Waals surface area contributed by atoms with E-state index in [4.69, 9.17) is 0 Å². The van der Waals surface area contributed by atoms with E-state index in [1.807, 2.05) is 12.1 Å². The van der Waals surface area contributed by atoms with Crippen LogP contribution in [0.1, 0.15) is 30.0 Å². The molecule has 0 atom stereocenters. The lowest BCUT2D eigenvalue weighted by Gasteiger charge is -2.10. The number of aryl methyl sites for hydroxylation is 3. The molecule has 0 heterocycles. The lowest BCUT2D eigenvalue weighted by atomic mass is 9.99. The van der Waals surface area contributed by atoms with Crippen molar-refractivity contribution in [3.63, 3.8) is 0 Å². The van der Waals surface area contributed by atoms with Crippen molar-refractivity contribution >= 4 is 0 Å². The summed E-state index contributed by atoms with van der Waals surface area (Å²) in [5.41, 5.74) is 5.75. The molecule has 3 aromatic rings. The van der Waals surface area contributed by atoms with E-state index in [1.54, 1.807) is 12.1 Å². The summed E-state index contributed by atoms with van der Waals surface area (Å²) in [7, 11) is 0. The Balaban J connectivity index is 1.58. The van der Waals surface area contributed by atoms with Crippen LogP contribution in [0, 0.1) is 0 Å². The lowest BCUT2D eigenvalue weighted by molar-refractivity contribution is -0.274. The Hall–Kier alpha value is -2.75. The SMILES string of the molecule is CCCc1ccc(CCc2ccc(-c3ccc(OC(F)(F)F)cc3)cc2)cc1. The van der Waals surface area contributed by atoms with E-state index in [-0.39, 0.29) is 5.75 Å². The molecule has 0 unspecified atom stereocenters. The van der Waals surface area contributed by atoms with Gasteiger partial charge >= 0.3 is 6.36 Å². The van der Waals surface area contributed by atoms with Gasteiger partial charge in [-0.2, -0.15) is 0 Å². The maximum Gasteiger partial charge on any atom is 0.573 e. The van der Waals surface area contributed by atoms with Crippen LogP contribution in [0.3, 0.4) is 0 Å². The molecule has 0 spiro atoms. The first-order valence-electron chi connectivity index (χ1n) is 9.46. The second kappa shape index (κ2) is 8.96. The van der Waals surface area contributed by atoms with Gasteiger partial charge in [0.2, 0.25) is 0 Å². The van der Waals surface area contributed by atoms with E-state index >= 15 is 0 Å². The van der Waals surface area contributed by atoms with E-state index < -0.39 is 6.36 Å². The Morgan fingerprint density at radius 3 is 1.43 bits per heavy atom. The number of benzene rings is 3. The number of hydrogen-bond donors (Lipinski definition) is 0. The molecule has 0 bridgehead atoms. The predicted octanol–water partition coefficient (Wildman–Crippen LogP) is 6.99. The molecular weight excluding hydrogens is 361 g/mol. The van der Waals surface area contributed by atoms with Crippen LogP contribution in [0.25, 0.3) is 11.1 Å². The van der Waals surface area contributed by atoms with Crippen LogP contribution in [-0.2, 0) is 19.3 Å². The number of ether oxygens (including phenoxy) is 1. The molecular formula is C24H23F3O. The molecule has 0 radical (unpaired) electrons. The quantitative estimate of drug-likeness (QED) is 0.426. The van der Waals surface area contributed by atoms with E-state index in [1.165, 1.54) is 28.8 Å². The summed E-state index contributed by atoms with van der Waals surface area (Å²) >= 11 is 0. The number of rotatable bonds is 7. The van der Waals surface area contributed by atoms with Crippen LogP contribution in [0.5, 0.6) is 5.75 Å². The molecule has 1 nitrogen and oxygen atoms in total. The van der Waals surface area contributed by atoms with Crippen molar-refractivity contribution in [2.75, 3.05) is 0 Å². The van der Waals surface area contributed by atoms with Crippen LogP contribution in [0.2, 0.25) is 0 Å². The zero-order chi connectivity index (χ0) is 20.0. The maximum atomic E-state index is 12.2. The first-order chi connectivity index (χ1) is 13.4. The molecule has 3 aromatic carbocycles. The van der Waals surface area contributed by atoms with Crippen molar-refractivity contribution in [3.8, 4) is 16.9 Å². The standard InChI is InChI=1S/C24H23F3O/c1-2-3-18-4-6-19(7-5-18)8-9-20-10-12-21(13-11-20)22-14-16-23(17-15-22)28-24(25,26)27/h4-7,10-17H,2-3,8-9H2,1H3. The van der Waals surface area contributed by atoms with Crippen LogP contribution in [-0.4, -0.2) is 6.36 Å². The molecule has 0 N–H and O–H groups in total. The summed E-state index contributed by atoms with van der Waals surface area (Å²) in [4.78, 5) is 0. The van der Waals surface area contributed by atoms with Gasteiger partial charge < -0.3 is 4.74 Å². The first-order valence-corrected chi connectivity index (χ1v) is 9.46. The third-order valence-electron chi connectivity index (χ3n) is 4.64. The average Bonchev–Trinajstić information content (AvgIpc) is 2.68. The molecule has 0 amide bonds. The van der Waals surface area contributed by atoms with E-state index in [0.29, 0.717) is 0 Å². The second-order valence-electron chi connectivity index (χ2n) is 6.84. The Bertz CT molecular complexity index is 864. The third kappa shape index (κ3) is 5.88. The van der Waals surface area contributed by atoms with Crippen molar-refractivity contribution < 1.29 is 17.9 Å². The first kappa shape index (κ1) is 20.0. The summed E-state index contributed by atoms with van der Waals surface area (Å²) in [6.45, 7) is 2.18. The zero-order valence-electron chi connectivity index (χ0n) is 15.8. The van der Waals surface area contributed by atoms with E-state index in [0.717, 1.165) is 36.8 Å². The fourth-order valence-corrected chi connectivity index (χ4v) is 3.16. The van der Waals surface area contributed by atoms with Crippen molar-refractivity contribution in [2.24, 2.45) is 0 Å². The van der Waals surface area contributed by atoms with Crippen molar-refractivity contribution in [2.45, 2.75) is 39.0 Å². The fourth-order valence-electron chi connectivity index (χ4n) is 3.16. The van der Waals surface area contributed by atoms with Gasteiger partial charge in [-0.15, -0.1) is 13.2 Å². The number of halogens is 3. The van der Waals surface area contributed by atoms with Crippen molar-refractivity contribution in [1.29, 1.82) is 0 Å². The molecule has 0 aliphatic rings.